The maximum Gasteiger partial charge on any atom is 0.243 e. The fourth-order valence-corrected chi connectivity index (χ4v) is 2.97. The van der Waals surface area contributed by atoms with Crippen LogP contribution in [0.4, 0.5) is 11.4 Å². The van der Waals surface area contributed by atoms with Crippen LogP contribution in [0.2, 0.25) is 0 Å². The molecule has 0 aliphatic heterocycles. The van der Waals surface area contributed by atoms with E-state index >= 15 is 0 Å². The summed E-state index contributed by atoms with van der Waals surface area (Å²) < 4.78 is 5.57. The predicted molar refractivity (Wildman–Crippen MR) is 109 cm³/mol. The summed E-state index contributed by atoms with van der Waals surface area (Å²) in [5, 5.41) is 6.30. The lowest BCUT2D eigenvalue weighted by Crippen LogP contribution is -2.23. The van der Waals surface area contributed by atoms with Crippen molar-refractivity contribution in [2.24, 2.45) is 0 Å². The molecule has 4 nitrogen and oxygen atoms in total. The van der Waals surface area contributed by atoms with Crippen LogP contribution in [0.25, 0.3) is 0 Å². The van der Waals surface area contributed by atoms with Gasteiger partial charge >= 0.3 is 0 Å². The number of nitrogens with one attached hydrogen (secondary N) is 2. The van der Waals surface area contributed by atoms with E-state index in [1.54, 1.807) is 0 Å². The predicted octanol–water partition coefficient (Wildman–Crippen LogP) is 5.38. The average molecular weight is 354 g/mol. The molecular weight excluding hydrogens is 324 g/mol. The molecule has 0 aliphatic rings. The Morgan fingerprint density at radius 1 is 0.962 bits per heavy atom. The lowest BCUT2D eigenvalue weighted by molar-refractivity contribution is -0.114. The van der Waals surface area contributed by atoms with E-state index in [0.29, 0.717) is 29.9 Å². The minimum absolute atomic E-state index is 0.0922. The Morgan fingerprint density at radius 2 is 1.58 bits per heavy atom. The molecule has 0 heterocycles. The largest absolute Gasteiger partial charge is 0.492 e. The molecule has 0 spiro atoms. The molecule has 0 fully saturated rings. The SMILES string of the molecule is CCOc1ccccc1NC(=O)CNc1c(C(C)C)cccc1C(C)C. The van der Waals surface area contributed by atoms with E-state index in [-0.39, 0.29) is 12.5 Å². The summed E-state index contributed by atoms with van der Waals surface area (Å²) in [4.78, 5) is 12.5. The van der Waals surface area contributed by atoms with Crippen LogP contribution in [-0.4, -0.2) is 19.1 Å². The average Bonchev–Trinajstić information content (AvgIpc) is 2.61. The molecule has 0 aromatic heterocycles. The van der Waals surface area contributed by atoms with E-state index in [1.165, 1.54) is 11.1 Å². The van der Waals surface area contributed by atoms with Crippen molar-refractivity contribution in [1.82, 2.24) is 0 Å². The van der Waals surface area contributed by atoms with Gasteiger partial charge in [0, 0.05) is 5.69 Å². The summed E-state index contributed by atoms with van der Waals surface area (Å²) in [7, 11) is 0. The van der Waals surface area contributed by atoms with Crippen LogP contribution in [0, 0.1) is 0 Å². The lowest BCUT2D eigenvalue weighted by Gasteiger charge is -2.21. The van der Waals surface area contributed by atoms with Gasteiger partial charge in [-0.25, -0.2) is 0 Å². The van der Waals surface area contributed by atoms with E-state index in [9.17, 15) is 4.79 Å². The van der Waals surface area contributed by atoms with Gasteiger partial charge in [-0.05, 0) is 42.0 Å². The monoisotopic (exact) mass is 354 g/mol. The molecule has 2 N–H and O–H groups in total. The molecule has 2 aromatic carbocycles. The highest BCUT2D eigenvalue weighted by Gasteiger charge is 2.15. The third-order valence-corrected chi connectivity index (χ3v) is 4.26. The van der Waals surface area contributed by atoms with Crippen LogP contribution in [0.5, 0.6) is 5.75 Å². The number of carbonyl (C=O) groups is 1. The highest BCUT2D eigenvalue weighted by molar-refractivity contribution is 5.95. The first-order valence-corrected chi connectivity index (χ1v) is 9.32. The van der Waals surface area contributed by atoms with E-state index in [4.69, 9.17) is 4.74 Å². The zero-order chi connectivity index (χ0) is 19.1. The number of anilines is 2. The highest BCUT2D eigenvalue weighted by atomic mass is 16.5. The van der Waals surface area contributed by atoms with Crippen LogP contribution < -0.4 is 15.4 Å². The Kier molecular flexibility index (Phi) is 7.07. The summed E-state index contributed by atoms with van der Waals surface area (Å²) in [5.74, 6) is 1.37. The minimum atomic E-state index is -0.0922. The van der Waals surface area contributed by atoms with Crippen molar-refractivity contribution in [1.29, 1.82) is 0 Å². The Bertz CT molecular complexity index is 712. The molecule has 0 saturated carbocycles. The van der Waals surface area contributed by atoms with Gasteiger partial charge in [0.25, 0.3) is 0 Å². The molecule has 0 bridgehead atoms. The molecule has 26 heavy (non-hydrogen) atoms. The fourth-order valence-electron chi connectivity index (χ4n) is 2.97. The molecule has 1 amide bonds. The zero-order valence-electron chi connectivity index (χ0n) is 16.4. The first-order chi connectivity index (χ1) is 12.4. The Balaban J connectivity index is 2.13. The quantitative estimate of drug-likeness (QED) is 0.669. The molecule has 2 rings (SSSR count). The van der Waals surface area contributed by atoms with E-state index in [2.05, 4.69) is 56.5 Å². The van der Waals surface area contributed by atoms with Crippen molar-refractivity contribution in [3.8, 4) is 5.75 Å². The molecule has 4 heteroatoms. The molecule has 0 saturated heterocycles. The van der Waals surface area contributed by atoms with Gasteiger partial charge in [-0.15, -0.1) is 0 Å². The second-order valence-electron chi connectivity index (χ2n) is 6.95. The normalized spacial score (nSPS) is 10.9. The Hall–Kier alpha value is -2.49. The molecule has 2 aromatic rings. The molecule has 0 unspecified atom stereocenters. The molecule has 140 valence electrons. The number of ether oxygens (including phenoxy) is 1. The van der Waals surface area contributed by atoms with E-state index in [1.807, 2.05) is 31.2 Å². The third kappa shape index (κ3) is 5.01. The van der Waals surface area contributed by atoms with Gasteiger partial charge in [0.1, 0.15) is 5.75 Å². The summed E-state index contributed by atoms with van der Waals surface area (Å²) in [5.41, 5.74) is 4.24. The summed E-state index contributed by atoms with van der Waals surface area (Å²) in [6.45, 7) is 11.4. The fraction of sp³-hybridized carbons (Fsp3) is 0.409. The van der Waals surface area contributed by atoms with Gasteiger partial charge in [-0.2, -0.15) is 0 Å². The third-order valence-electron chi connectivity index (χ3n) is 4.26. The van der Waals surface area contributed by atoms with Crippen LogP contribution >= 0.6 is 0 Å². The van der Waals surface area contributed by atoms with Gasteiger partial charge in [-0.3, -0.25) is 4.79 Å². The molecule has 0 aliphatic carbocycles. The molecule has 0 radical (unpaired) electrons. The Morgan fingerprint density at radius 3 is 2.15 bits per heavy atom. The standard InChI is InChI=1S/C22H30N2O2/c1-6-26-20-13-8-7-12-19(20)24-21(25)14-23-22-17(15(2)3)10-9-11-18(22)16(4)5/h7-13,15-16,23H,6,14H2,1-5H3,(H,24,25). The van der Waals surface area contributed by atoms with E-state index in [0.717, 1.165) is 5.69 Å². The van der Waals surface area contributed by atoms with Crippen molar-refractivity contribution in [2.75, 3.05) is 23.8 Å². The second kappa shape index (κ2) is 9.27. The first-order valence-electron chi connectivity index (χ1n) is 9.32. The molecular formula is C22H30N2O2. The van der Waals surface area contributed by atoms with Crippen molar-refractivity contribution in [3.05, 3.63) is 53.6 Å². The lowest BCUT2D eigenvalue weighted by atomic mass is 9.92. The van der Waals surface area contributed by atoms with Gasteiger partial charge in [0.2, 0.25) is 5.91 Å². The number of hydrogen-bond donors (Lipinski definition) is 2. The van der Waals surface area contributed by atoms with Gasteiger partial charge in [-0.1, -0.05) is 58.0 Å². The van der Waals surface area contributed by atoms with Crippen molar-refractivity contribution in [2.45, 2.75) is 46.5 Å². The van der Waals surface area contributed by atoms with Crippen molar-refractivity contribution >= 4 is 17.3 Å². The number of hydrogen-bond acceptors (Lipinski definition) is 3. The number of para-hydroxylation sites is 3. The number of amides is 1. The highest BCUT2D eigenvalue weighted by Crippen LogP contribution is 2.32. The maximum absolute atomic E-state index is 12.5. The first kappa shape index (κ1) is 19.8. The Labute approximate surface area is 157 Å². The van der Waals surface area contributed by atoms with Crippen molar-refractivity contribution in [3.63, 3.8) is 0 Å². The summed E-state index contributed by atoms with van der Waals surface area (Å²) >= 11 is 0. The zero-order valence-corrected chi connectivity index (χ0v) is 16.4. The number of benzene rings is 2. The topological polar surface area (TPSA) is 50.4 Å². The van der Waals surface area contributed by atoms with Gasteiger partial charge in [0.05, 0.1) is 18.8 Å². The van der Waals surface area contributed by atoms with Crippen LogP contribution in [0.15, 0.2) is 42.5 Å². The molecule has 0 atom stereocenters. The van der Waals surface area contributed by atoms with E-state index < -0.39 is 0 Å². The second-order valence-corrected chi connectivity index (χ2v) is 6.95. The smallest absolute Gasteiger partial charge is 0.243 e. The van der Waals surface area contributed by atoms with Crippen LogP contribution in [0.1, 0.15) is 57.6 Å². The van der Waals surface area contributed by atoms with Gasteiger partial charge < -0.3 is 15.4 Å². The van der Waals surface area contributed by atoms with Crippen LogP contribution in [0.3, 0.4) is 0 Å². The van der Waals surface area contributed by atoms with Crippen LogP contribution in [-0.2, 0) is 4.79 Å². The summed E-state index contributed by atoms with van der Waals surface area (Å²) in [6, 6.07) is 13.8. The maximum atomic E-state index is 12.5. The van der Waals surface area contributed by atoms with Crippen molar-refractivity contribution < 1.29 is 9.53 Å². The summed E-state index contributed by atoms with van der Waals surface area (Å²) in [6.07, 6.45) is 0. The minimum Gasteiger partial charge on any atom is -0.492 e. The number of carbonyl (C=O) groups excluding carboxylic acids is 1. The number of rotatable bonds is 8. The van der Waals surface area contributed by atoms with Gasteiger partial charge in [0.15, 0.2) is 0 Å².